The highest BCUT2D eigenvalue weighted by Crippen LogP contribution is 2.38. The van der Waals surface area contributed by atoms with Crippen molar-refractivity contribution in [1.82, 2.24) is 4.98 Å². The fourth-order valence-corrected chi connectivity index (χ4v) is 6.32. The number of hydrogen-bond donors (Lipinski definition) is 0. The molecule has 222 valence electrons. The Kier molecular flexibility index (Phi) is 6.46. The van der Waals surface area contributed by atoms with E-state index in [-0.39, 0.29) is 0 Å². The molecule has 0 saturated heterocycles. The molecule has 0 spiro atoms. The summed E-state index contributed by atoms with van der Waals surface area (Å²) in [6, 6.07) is 53.8. The number of fused-ring (bicyclic) bond motifs is 5. The van der Waals surface area contributed by atoms with Crippen molar-refractivity contribution >= 4 is 44.3 Å². The standard InChI is InChI=1S/C42H27N4O/c1-4-11-27(12-5-1)31-17-10-18-33(25-31)40-44-39(29-13-6-2-7-14-29)45-41(46-40)34-21-23-35-32(26-34)20-19-28-22-24-36-38(37(28)35)43-42(47-36)30-15-8-3-9-16-30/h1-26,41H/q-1. The summed E-state index contributed by atoms with van der Waals surface area (Å²) in [5, 5.41) is 9.52. The fourth-order valence-electron chi connectivity index (χ4n) is 6.32. The van der Waals surface area contributed by atoms with E-state index >= 15 is 0 Å². The number of nitrogens with zero attached hydrogens (tertiary/aromatic N) is 4. The average molecular weight is 604 g/mol. The molecular formula is C42H27N4O-. The first-order valence-electron chi connectivity index (χ1n) is 15.7. The van der Waals surface area contributed by atoms with Gasteiger partial charge in [-0.1, -0.05) is 133 Å². The second-order valence-corrected chi connectivity index (χ2v) is 11.6. The summed E-state index contributed by atoms with van der Waals surface area (Å²) >= 11 is 0. The summed E-state index contributed by atoms with van der Waals surface area (Å²) in [6.45, 7) is 0. The van der Waals surface area contributed by atoms with Gasteiger partial charge in [0.05, 0.1) is 12.0 Å². The molecular weight excluding hydrogens is 576 g/mol. The van der Waals surface area contributed by atoms with E-state index in [0.717, 1.165) is 66.0 Å². The van der Waals surface area contributed by atoms with Crippen molar-refractivity contribution in [2.45, 2.75) is 6.17 Å². The zero-order chi connectivity index (χ0) is 31.2. The Bertz CT molecular complexity index is 2480. The molecule has 1 aliphatic rings. The quantitative estimate of drug-likeness (QED) is 0.184. The molecule has 47 heavy (non-hydrogen) atoms. The number of amidine groups is 2. The van der Waals surface area contributed by atoms with Crippen molar-refractivity contribution < 1.29 is 4.42 Å². The Morgan fingerprint density at radius 3 is 1.98 bits per heavy atom. The average Bonchev–Trinajstić information content (AvgIpc) is 3.60. The summed E-state index contributed by atoms with van der Waals surface area (Å²) in [6.07, 6.45) is -0.453. The topological polar surface area (TPSA) is 64.8 Å². The largest absolute Gasteiger partial charge is 0.438 e. The molecule has 1 atom stereocenters. The van der Waals surface area contributed by atoms with Crippen LogP contribution in [0, 0.1) is 0 Å². The van der Waals surface area contributed by atoms with Crippen molar-refractivity contribution in [3.05, 3.63) is 180 Å². The third-order valence-corrected chi connectivity index (χ3v) is 8.66. The van der Waals surface area contributed by atoms with Crippen LogP contribution in [0.25, 0.3) is 60.5 Å². The highest BCUT2D eigenvalue weighted by molar-refractivity contribution is 6.20. The number of rotatable bonds is 5. The van der Waals surface area contributed by atoms with Crippen LogP contribution in [0.5, 0.6) is 0 Å². The number of oxazole rings is 1. The molecule has 0 radical (unpaired) electrons. The minimum atomic E-state index is -0.453. The second-order valence-electron chi connectivity index (χ2n) is 11.6. The second kappa shape index (κ2) is 11.2. The highest BCUT2D eigenvalue weighted by Gasteiger charge is 2.17. The van der Waals surface area contributed by atoms with Gasteiger partial charge in [0.2, 0.25) is 5.89 Å². The molecule has 2 heterocycles. The van der Waals surface area contributed by atoms with Crippen LogP contribution >= 0.6 is 0 Å². The van der Waals surface area contributed by atoms with Gasteiger partial charge >= 0.3 is 0 Å². The van der Waals surface area contributed by atoms with Crippen LogP contribution in [-0.4, -0.2) is 16.7 Å². The maximum Gasteiger partial charge on any atom is 0.227 e. The summed E-state index contributed by atoms with van der Waals surface area (Å²) in [5.41, 5.74) is 7.76. The molecule has 5 nitrogen and oxygen atoms in total. The summed E-state index contributed by atoms with van der Waals surface area (Å²) in [5.74, 6) is 1.95. The van der Waals surface area contributed by atoms with Gasteiger partial charge in [-0.15, -0.1) is 0 Å². The third kappa shape index (κ3) is 4.95. The monoisotopic (exact) mass is 603 g/mol. The van der Waals surface area contributed by atoms with E-state index in [0.29, 0.717) is 17.6 Å². The van der Waals surface area contributed by atoms with Crippen LogP contribution in [0.2, 0.25) is 0 Å². The molecule has 1 aliphatic heterocycles. The van der Waals surface area contributed by atoms with Gasteiger partial charge in [-0.25, -0.2) is 4.98 Å². The van der Waals surface area contributed by atoms with Crippen LogP contribution in [0.3, 0.4) is 0 Å². The van der Waals surface area contributed by atoms with E-state index < -0.39 is 6.17 Å². The van der Waals surface area contributed by atoms with E-state index in [9.17, 15) is 0 Å². The summed E-state index contributed by atoms with van der Waals surface area (Å²) in [7, 11) is 0. The van der Waals surface area contributed by atoms with Gasteiger partial charge in [-0.2, -0.15) is 0 Å². The summed E-state index contributed by atoms with van der Waals surface area (Å²) < 4.78 is 6.22. The first-order chi connectivity index (χ1) is 23.3. The maximum atomic E-state index is 6.22. The van der Waals surface area contributed by atoms with E-state index in [2.05, 4.69) is 84.9 Å². The van der Waals surface area contributed by atoms with Gasteiger partial charge in [-0.05, 0) is 74.3 Å². The van der Waals surface area contributed by atoms with Crippen molar-refractivity contribution in [2.75, 3.05) is 0 Å². The van der Waals surface area contributed by atoms with Crippen molar-refractivity contribution in [1.29, 1.82) is 0 Å². The molecule has 1 unspecified atom stereocenters. The SMILES string of the molecule is c1ccc(C2=NC(c3ccc4c(ccc5ccc6oc(-c7ccccc7)nc6c54)c3)[N-]C(c3cccc(-c4ccccc4)c3)=N2)cc1. The van der Waals surface area contributed by atoms with Crippen LogP contribution in [-0.2, 0) is 0 Å². The molecule has 1 aromatic heterocycles. The lowest BCUT2D eigenvalue weighted by Gasteiger charge is -2.32. The van der Waals surface area contributed by atoms with Crippen LogP contribution in [0.1, 0.15) is 22.9 Å². The number of hydrogen-bond acceptors (Lipinski definition) is 4. The Morgan fingerprint density at radius 1 is 0.532 bits per heavy atom. The fraction of sp³-hybridized carbons (Fsp3) is 0.0238. The minimum absolute atomic E-state index is 0.453. The summed E-state index contributed by atoms with van der Waals surface area (Å²) in [4.78, 5) is 15.0. The van der Waals surface area contributed by atoms with Gasteiger partial charge in [0, 0.05) is 10.9 Å². The third-order valence-electron chi connectivity index (χ3n) is 8.66. The molecule has 9 rings (SSSR count). The van der Waals surface area contributed by atoms with Gasteiger partial charge in [0.15, 0.2) is 5.58 Å². The molecule has 7 aromatic carbocycles. The van der Waals surface area contributed by atoms with Gasteiger partial charge in [0.1, 0.15) is 5.52 Å². The number of aliphatic imine (C=N–C) groups is 2. The minimum Gasteiger partial charge on any atom is -0.438 e. The number of benzene rings is 7. The van der Waals surface area contributed by atoms with Gasteiger partial charge < -0.3 is 14.7 Å². The molecule has 0 fully saturated rings. The Balaban J connectivity index is 1.14. The van der Waals surface area contributed by atoms with E-state index in [4.69, 9.17) is 24.7 Å². The van der Waals surface area contributed by atoms with Crippen molar-refractivity contribution in [3.8, 4) is 22.6 Å². The maximum absolute atomic E-state index is 6.22. The molecule has 8 aromatic rings. The van der Waals surface area contributed by atoms with Crippen LogP contribution in [0.15, 0.2) is 172 Å². The molecule has 0 amide bonds. The molecule has 0 N–H and O–H groups in total. The Hall–Kier alpha value is -6.33. The van der Waals surface area contributed by atoms with Crippen molar-refractivity contribution in [2.24, 2.45) is 9.98 Å². The number of aromatic nitrogens is 1. The highest BCUT2D eigenvalue weighted by atomic mass is 16.3. The molecule has 5 heteroatoms. The predicted octanol–water partition coefficient (Wildman–Crippen LogP) is 10.7. The smallest absolute Gasteiger partial charge is 0.227 e. The molecule has 0 bridgehead atoms. The normalized spacial score (nSPS) is 14.6. The lowest BCUT2D eigenvalue weighted by atomic mass is 9.98. The molecule has 0 aliphatic carbocycles. The first-order valence-corrected chi connectivity index (χ1v) is 15.7. The zero-order valence-corrected chi connectivity index (χ0v) is 25.3. The lowest BCUT2D eigenvalue weighted by Crippen LogP contribution is -2.16. The van der Waals surface area contributed by atoms with Gasteiger partial charge in [0.25, 0.3) is 0 Å². The molecule has 0 saturated carbocycles. The van der Waals surface area contributed by atoms with E-state index in [1.165, 1.54) is 0 Å². The first kappa shape index (κ1) is 27.0. The Morgan fingerprint density at radius 2 is 1.19 bits per heavy atom. The van der Waals surface area contributed by atoms with Crippen molar-refractivity contribution in [3.63, 3.8) is 0 Å². The Labute approximate surface area is 271 Å². The van der Waals surface area contributed by atoms with Crippen LogP contribution in [0.4, 0.5) is 0 Å². The van der Waals surface area contributed by atoms with E-state index in [1.54, 1.807) is 0 Å². The van der Waals surface area contributed by atoms with Crippen LogP contribution < -0.4 is 0 Å². The lowest BCUT2D eigenvalue weighted by molar-refractivity contribution is 0.620. The van der Waals surface area contributed by atoms with Gasteiger partial charge in [-0.3, -0.25) is 4.99 Å². The van der Waals surface area contributed by atoms with E-state index in [1.807, 2.05) is 72.8 Å². The predicted molar refractivity (Wildman–Crippen MR) is 192 cm³/mol. The zero-order valence-electron chi connectivity index (χ0n) is 25.3.